The van der Waals surface area contributed by atoms with Gasteiger partial charge in [0.1, 0.15) is 0 Å². The minimum Gasteiger partial charge on any atom is -0.380 e. The van der Waals surface area contributed by atoms with Gasteiger partial charge in [-0.2, -0.15) is 0 Å². The van der Waals surface area contributed by atoms with Gasteiger partial charge in [0.05, 0.1) is 0 Å². The van der Waals surface area contributed by atoms with Gasteiger partial charge in [-0.05, 0) is 44.4 Å². The molecule has 0 unspecified atom stereocenters. The fourth-order valence-corrected chi connectivity index (χ4v) is 1.50. The lowest BCUT2D eigenvalue weighted by atomic mass is 9.95. The Morgan fingerprint density at radius 3 is 2.36 bits per heavy atom. The maximum atomic E-state index is 3.60. The zero-order valence-corrected chi connectivity index (χ0v) is 9.72. The number of benzene rings is 1. The van der Waals surface area contributed by atoms with Crippen LogP contribution in [0.5, 0.6) is 0 Å². The predicted molar refractivity (Wildman–Crippen MR) is 63.8 cm³/mol. The maximum absolute atomic E-state index is 3.60. The number of hydrogen-bond acceptors (Lipinski definition) is 1. The Labute approximate surface area is 87.5 Å². The topological polar surface area (TPSA) is 12.0 Å². The van der Waals surface area contributed by atoms with E-state index in [-0.39, 0.29) is 5.54 Å². The molecule has 1 heteroatoms. The monoisotopic (exact) mass is 191 g/mol. The van der Waals surface area contributed by atoms with Crippen LogP contribution < -0.4 is 5.32 Å². The highest BCUT2D eigenvalue weighted by molar-refractivity contribution is 5.47. The summed E-state index contributed by atoms with van der Waals surface area (Å²) >= 11 is 0. The summed E-state index contributed by atoms with van der Waals surface area (Å²) in [5.41, 5.74) is 2.77. The van der Waals surface area contributed by atoms with Gasteiger partial charge in [-0.3, -0.25) is 0 Å². The van der Waals surface area contributed by atoms with Crippen molar-refractivity contribution in [2.45, 2.75) is 46.1 Å². The van der Waals surface area contributed by atoms with Crippen LogP contribution in [0, 0.1) is 6.92 Å². The molecule has 1 rings (SSSR count). The van der Waals surface area contributed by atoms with Crippen molar-refractivity contribution in [3.05, 3.63) is 29.8 Å². The first-order valence-electron chi connectivity index (χ1n) is 5.44. The van der Waals surface area contributed by atoms with Gasteiger partial charge < -0.3 is 5.32 Å². The highest BCUT2D eigenvalue weighted by Crippen LogP contribution is 2.21. The van der Waals surface area contributed by atoms with E-state index in [0.29, 0.717) is 0 Å². The molecule has 0 amide bonds. The summed E-state index contributed by atoms with van der Waals surface area (Å²) in [6, 6.07) is 8.56. The second-order valence-electron chi connectivity index (χ2n) is 4.26. The molecule has 0 spiro atoms. The molecule has 14 heavy (non-hydrogen) atoms. The second-order valence-corrected chi connectivity index (χ2v) is 4.26. The van der Waals surface area contributed by atoms with E-state index in [0.717, 1.165) is 12.8 Å². The van der Waals surface area contributed by atoms with E-state index >= 15 is 0 Å². The quantitative estimate of drug-likeness (QED) is 0.759. The smallest absolute Gasteiger partial charge is 0.0346 e. The van der Waals surface area contributed by atoms with Gasteiger partial charge >= 0.3 is 0 Å². The molecular formula is C13H21N. The van der Waals surface area contributed by atoms with Crippen molar-refractivity contribution in [2.24, 2.45) is 0 Å². The van der Waals surface area contributed by atoms with Crippen molar-refractivity contribution >= 4 is 5.69 Å². The largest absolute Gasteiger partial charge is 0.380 e. The average Bonchev–Trinajstić information content (AvgIpc) is 2.18. The third-order valence-corrected chi connectivity index (χ3v) is 3.02. The summed E-state index contributed by atoms with van der Waals surface area (Å²) in [7, 11) is 0. The van der Waals surface area contributed by atoms with Gasteiger partial charge in [0.25, 0.3) is 0 Å². The summed E-state index contributed by atoms with van der Waals surface area (Å²) in [5, 5.41) is 3.60. The molecule has 0 saturated heterocycles. The van der Waals surface area contributed by atoms with E-state index in [1.807, 2.05) is 0 Å². The van der Waals surface area contributed by atoms with Crippen molar-refractivity contribution in [3.8, 4) is 0 Å². The Bertz CT molecular complexity index is 287. The van der Waals surface area contributed by atoms with Crippen molar-refractivity contribution < 1.29 is 0 Å². The molecule has 1 aromatic rings. The van der Waals surface area contributed by atoms with Crippen LogP contribution in [0.2, 0.25) is 0 Å². The van der Waals surface area contributed by atoms with Crippen LogP contribution in [0.3, 0.4) is 0 Å². The average molecular weight is 191 g/mol. The minimum absolute atomic E-state index is 0.230. The van der Waals surface area contributed by atoms with Crippen LogP contribution in [-0.2, 0) is 0 Å². The highest BCUT2D eigenvalue weighted by Gasteiger charge is 2.18. The fraction of sp³-hybridized carbons (Fsp3) is 0.538. The van der Waals surface area contributed by atoms with Gasteiger partial charge in [-0.15, -0.1) is 0 Å². The van der Waals surface area contributed by atoms with Gasteiger partial charge in [0.2, 0.25) is 0 Å². The molecule has 0 radical (unpaired) electrons. The van der Waals surface area contributed by atoms with Crippen LogP contribution in [-0.4, -0.2) is 5.54 Å². The first-order valence-corrected chi connectivity index (χ1v) is 5.44. The van der Waals surface area contributed by atoms with Crippen LogP contribution in [0.15, 0.2) is 24.3 Å². The Balaban J connectivity index is 2.77. The normalized spacial score (nSPS) is 11.4. The van der Waals surface area contributed by atoms with Crippen LogP contribution in [0.25, 0.3) is 0 Å². The highest BCUT2D eigenvalue weighted by atomic mass is 15.0. The van der Waals surface area contributed by atoms with Crippen molar-refractivity contribution in [1.29, 1.82) is 0 Å². The molecule has 0 saturated carbocycles. The van der Waals surface area contributed by atoms with Crippen molar-refractivity contribution in [1.82, 2.24) is 0 Å². The molecule has 1 N–H and O–H groups in total. The molecule has 0 aromatic heterocycles. The molecule has 1 nitrogen and oxygen atoms in total. The molecule has 0 bridgehead atoms. The van der Waals surface area contributed by atoms with E-state index < -0.39 is 0 Å². The lowest BCUT2D eigenvalue weighted by Crippen LogP contribution is -2.32. The Morgan fingerprint density at radius 2 is 1.86 bits per heavy atom. The maximum Gasteiger partial charge on any atom is 0.0346 e. The number of nitrogens with one attached hydrogen (secondary N) is 1. The van der Waals surface area contributed by atoms with Crippen LogP contribution in [0.1, 0.15) is 39.2 Å². The van der Waals surface area contributed by atoms with E-state index in [4.69, 9.17) is 0 Å². The summed E-state index contributed by atoms with van der Waals surface area (Å²) in [5.74, 6) is 0. The summed E-state index contributed by atoms with van der Waals surface area (Å²) < 4.78 is 0. The Hall–Kier alpha value is -0.980. The molecule has 0 aliphatic heterocycles. The fourth-order valence-electron chi connectivity index (χ4n) is 1.50. The Morgan fingerprint density at radius 1 is 1.21 bits per heavy atom. The van der Waals surface area contributed by atoms with Gasteiger partial charge in [-0.25, -0.2) is 0 Å². The number of anilines is 1. The standard InChI is InChI=1S/C13H21N/c1-5-13(4,6-2)14-12-9-7-8-11(3)10-12/h7-10,14H,5-6H2,1-4H3. The van der Waals surface area contributed by atoms with Gasteiger partial charge in [0.15, 0.2) is 0 Å². The third-order valence-electron chi connectivity index (χ3n) is 3.02. The predicted octanol–water partition coefficient (Wildman–Crippen LogP) is 3.99. The number of aryl methyl sites for hydroxylation is 1. The first-order chi connectivity index (χ1) is 6.59. The molecular weight excluding hydrogens is 170 g/mol. The molecule has 0 aliphatic rings. The van der Waals surface area contributed by atoms with Crippen LogP contribution >= 0.6 is 0 Å². The molecule has 0 aliphatic carbocycles. The summed E-state index contributed by atoms with van der Waals surface area (Å²) in [4.78, 5) is 0. The first kappa shape index (κ1) is 11.1. The number of rotatable bonds is 4. The molecule has 1 aromatic carbocycles. The number of hydrogen-bond donors (Lipinski definition) is 1. The van der Waals surface area contributed by atoms with Crippen LogP contribution in [0.4, 0.5) is 5.69 Å². The minimum atomic E-state index is 0.230. The lowest BCUT2D eigenvalue weighted by Gasteiger charge is -2.29. The zero-order chi connectivity index (χ0) is 10.6. The van der Waals surface area contributed by atoms with Crippen molar-refractivity contribution in [2.75, 3.05) is 5.32 Å². The van der Waals surface area contributed by atoms with E-state index in [1.54, 1.807) is 0 Å². The Kier molecular flexibility index (Phi) is 3.56. The molecule has 0 heterocycles. The van der Waals surface area contributed by atoms with E-state index in [9.17, 15) is 0 Å². The van der Waals surface area contributed by atoms with Gasteiger partial charge in [0, 0.05) is 11.2 Å². The van der Waals surface area contributed by atoms with E-state index in [2.05, 4.69) is 57.3 Å². The molecule has 0 fully saturated rings. The summed E-state index contributed by atoms with van der Waals surface area (Å²) in [6.07, 6.45) is 2.30. The SMILES string of the molecule is CCC(C)(CC)Nc1cccc(C)c1. The second kappa shape index (κ2) is 4.50. The zero-order valence-electron chi connectivity index (χ0n) is 9.72. The molecule has 78 valence electrons. The van der Waals surface area contributed by atoms with Crippen molar-refractivity contribution in [3.63, 3.8) is 0 Å². The van der Waals surface area contributed by atoms with E-state index in [1.165, 1.54) is 11.3 Å². The third kappa shape index (κ3) is 2.76. The molecule has 0 atom stereocenters. The lowest BCUT2D eigenvalue weighted by molar-refractivity contribution is 0.478. The van der Waals surface area contributed by atoms with Gasteiger partial charge in [-0.1, -0.05) is 26.0 Å². The summed E-state index contributed by atoms with van der Waals surface area (Å²) in [6.45, 7) is 8.86.